The van der Waals surface area contributed by atoms with Crippen LogP contribution >= 0.6 is 11.8 Å². The van der Waals surface area contributed by atoms with Crippen LogP contribution in [0.25, 0.3) is 0 Å². The van der Waals surface area contributed by atoms with E-state index < -0.39 is 0 Å². The Bertz CT molecular complexity index is 387. The Kier molecular flexibility index (Phi) is 4.29. The molecule has 0 fully saturated rings. The third-order valence-electron chi connectivity index (χ3n) is 2.95. The molecule has 0 atom stereocenters. The molecule has 0 bridgehead atoms. The summed E-state index contributed by atoms with van der Waals surface area (Å²) in [4.78, 5) is 1.53. The molecule has 1 aliphatic carbocycles. The largest absolute Gasteiger partial charge is 0.134 e. The van der Waals surface area contributed by atoms with E-state index in [0.29, 0.717) is 0 Å². The van der Waals surface area contributed by atoms with Crippen molar-refractivity contribution in [3.63, 3.8) is 0 Å². The maximum absolute atomic E-state index is 2.39. The van der Waals surface area contributed by atoms with Gasteiger partial charge in [0.1, 0.15) is 0 Å². The molecule has 1 aromatic carbocycles. The molecule has 0 saturated heterocycles. The van der Waals surface area contributed by atoms with E-state index in [2.05, 4.69) is 48.7 Å². The normalized spacial score (nSPS) is 15.6. The summed E-state index contributed by atoms with van der Waals surface area (Å²) < 4.78 is 0. The molecule has 84 valence electrons. The van der Waals surface area contributed by atoms with Gasteiger partial charge in [0.05, 0.1) is 0 Å². The van der Waals surface area contributed by atoms with Gasteiger partial charge in [0.2, 0.25) is 0 Å². The molecule has 0 spiro atoms. The first-order chi connectivity index (χ1) is 7.88. The van der Waals surface area contributed by atoms with Gasteiger partial charge in [-0.2, -0.15) is 0 Å². The predicted octanol–water partition coefficient (Wildman–Crippen LogP) is 4.59. The van der Waals surface area contributed by atoms with Crippen LogP contribution in [0.2, 0.25) is 0 Å². The molecular formula is C15H18S. The summed E-state index contributed by atoms with van der Waals surface area (Å²) in [5.41, 5.74) is 2.95. The molecule has 0 unspecified atom stereocenters. The van der Waals surface area contributed by atoms with Crippen molar-refractivity contribution in [3.8, 4) is 0 Å². The van der Waals surface area contributed by atoms with Crippen LogP contribution < -0.4 is 0 Å². The number of hydrogen-bond acceptors (Lipinski definition) is 1. The summed E-state index contributed by atoms with van der Waals surface area (Å²) in [7, 11) is 0. The zero-order chi connectivity index (χ0) is 11.2. The second-order valence-corrected chi connectivity index (χ2v) is 5.05. The SMILES string of the molecule is CSC1=CC(CCc2ccccc2)=CCC1. The third-order valence-corrected chi connectivity index (χ3v) is 3.80. The molecule has 2 rings (SSSR count). The molecule has 0 heterocycles. The number of thioether (sulfide) groups is 1. The molecule has 16 heavy (non-hydrogen) atoms. The van der Waals surface area contributed by atoms with Gasteiger partial charge in [-0.15, -0.1) is 11.8 Å². The van der Waals surface area contributed by atoms with Crippen molar-refractivity contribution in [2.24, 2.45) is 0 Å². The van der Waals surface area contributed by atoms with Gasteiger partial charge in [-0.05, 0) is 48.5 Å². The van der Waals surface area contributed by atoms with Crippen molar-refractivity contribution in [2.75, 3.05) is 6.26 Å². The van der Waals surface area contributed by atoms with Crippen molar-refractivity contribution in [1.82, 2.24) is 0 Å². The van der Waals surface area contributed by atoms with E-state index in [4.69, 9.17) is 0 Å². The highest BCUT2D eigenvalue weighted by Gasteiger charge is 2.04. The lowest BCUT2D eigenvalue weighted by molar-refractivity contribution is 0.915. The second-order valence-electron chi connectivity index (χ2n) is 4.12. The van der Waals surface area contributed by atoms with Gasteiger partial charge in [0.25, 0.3) is 0 Å². The molecular weight excluding hydrogens is 212 g/mol. The third kappa shape index (κ3) is 3.28. The van der Waals surface area contributed by atoms with E-state index in [0.717, 1.165) is 6.42 Å². The van der Waals surface area contributed by atoms with E-state index >= 15 is 0 Å². The second kappa shape index (κ2) is 5.95. The van der Waals surface area contributed by atoms with Crippen LogP contribution in [0, 0.1) is 0 Å². The monoisotopic (exact) mass is 230 g/mol. The smallest absolute Gasteiger partial charge is 0.0140 e. The van der Waals surface area contributed by atoms with Gasteiger partial charge in [0.15, 0.2) is 0 Å². The highest BCUT2D eigenvalue weighted by molar-refractivity contribution is 8.02. The predicted molar refractivity (Wildman–Crippen MR) is 73.7 cm³/mol. The maximum Gasteiger partial charge on any atom is -0.0140 e. The quantitative estimate of drug-likeness (QED) is 0.729. The van der Waals surface area contributed by atoms with Gasteiger partial charge in [-0.1, -0.05) is 42.0 Å². The highest BCUT2D eigenvalue weighted by Crippen LogP contribution is 2.27. The molecule has 0 aliphatic heterocycles. The fourth-order valence-electron chi connectivity index (χ4n) is 2.01. The summed E-state index contributed by atoms with van der Waals surface area (Å²) in [5, 5.41) is 0. The lowest BCUT2D eigenvalue weighted by atomic mass is 10.00. The van der Waals surface area contributed by atoms with Gasteiger partial charge in [-0.3, -0.25) is 0 Å². The van der Waals surface area contributed by atoms with Crippen molar-refractivity contribution >= 4 is 11.8 Å². The van der Waals surface area contributed by atoms with E-state index in [1.807, 2.05) is 11.8 Å². The fraction of sp³-hybridized carbons (Fsp3) is 0.333. The summed E-state index contributed by atoms with van der Waals surface area (Å²) in [6.07, 6.45) is 11.7. The Morgan fingerprint density at radius 3 is 2.69 bits per heavy atom. The van der Waals surface area contributed by atoms with E-state index in [1.54, 1.807) is 0 Å². The molecule has 0 radical (unpaired) electrons. The Hall–Kier alpha value is -0.950. The van der Waals surface area contributed by atoms with Crippen LogP contribution in [-0.4, -0.2) is 6.26 Å². The minimum atomic E-state index is 1.16. The number of aryl methyl sites for hydroxylation is 1. The first-order valence-electron chi connectivity index (χ1n) is 5.86. The minimum absolute atomic E-state index is 1.16. The molecule has 1 aliphatic rings. The van der Waals surface area contributed by atoms with Gasteiger partial charge in [-0.25, -0.2) is 0 Å². The minimum Gasteiger partial charge on any atom is -0.134 e. The Balaban J connectivity index is 1.91. The van der Waals surface area contributed by atoms with Crippen LogP contribution in [0.3, 0.4) is 0 Å². The Labute approximate surface area is 102 Å². The van der Waals surface area contributed by atoms with E-state index in [-0.39, 0.29) is 0 Å². The molecule has 1 heteroatoms. The first kappa shape index (κ1) is 11.5. The molecule has 0 N–H and O–H groups in total. The van der Waals surface area contributed by atoms with Crippen LogP contribution in [0.15, 0.2) is 53.0 Å². The highest BCUT2D eigenvalue weighted by atomic mass is 32.2. The average Bonchev–Trinajstić information content (AvgIpc) is 2.38. The molecule has 0 saturated carbocycles. The number of rotatable bonds is 4. The summed E-state index contributed by atoms with van der Waals surface area (Å²) in [6, 6.07) is 10.7. The number of benzene rings is 1. The van der Waals surface area contributed by atoms with Crippen LogP contribution in [0.5, 0.6) is 0 Å². The van der Waals surface area contributed by atoms with Crippen molar-refractivity contribution in [3.05, 3.63) is 58.5 Å². The Morgan fingerprint density at radius 2 is 1.94 bits per heavy atom. The molecule has 0 nitrogen and oxygen atoms in total. The molecule has 0 amide bonds. The van der Waals surface area contributed by atoms with Crippen LogP contribution in [-0.2, 0) is 6.42 Å². The average molecular weight is 230 g/mol. The fourth-order valence-corrected chi connectivity index (χ4v) is 2.60. The maximum atomic E-state index is 2.39. The lowest BCUT2D eigenvalue weighted by Gasteiger charge is -2.12. The van der Waals surface area contributed by atoms with E-state index in [1.165, 1.54) is 35.3 Å². The van der Waals surface area contributed by atoms with Crippen molar-refractivity contribution in [1.29, 1.82) is 0 Å². The van der Waals surface area contributed by atoms with Crippen molar-refractivity contribution < 1.29 is 0 Å². The van der Waals surface area contributed by atoms with Gasteiger partial charge in [0, 0.05) is 0 Å². The zero-order valence-corrected chi connectivity index (χ0v) is 10.6. The Morgan fingerprint density at radius 1 is 1.12 bits per heavy atom. The zero-order valence-electron chi connectivity index (χ0n) is 9.78. The van der Waals surface area contributed by atoms with Gasteiger partial charge < -0.3 is 0 Å². The summed E-state index contributed by atoms with van der Waals surface area (Å²) in [5.74, 6) is 0. The van der Waals surface area contributed by atoms with Gasteiger partial charge >= 0.3 is 0 Å². The molecule has 1 aromatic rings. The topological polar surface area (TPSA) is 0 Å². The molecule has 0 aromatic heterocycles. The van der Waals surface area contributed by atoms with Crippen molar-refractivity contribution in [2.45, 2.75) is 25.7 Å². The first-order valence-corrected chi connectivity index (χ1v) is 7.08. The van der Waals surface area contributed by atoms with Crippen LogP contribution in [0.4, 0.5) is 0 Å². The standard InChI is InChI=1S/C15H18S/c1-16-15-9-5-8-14(12-15)11-10-13-6-3-2-4-7-13/h2-4,6-8,12H,5,9-11H2,1H3. The summed E-state index contributed by atoms with van der Waals surface area (Å²) >= 11 is 1.89. The van der Waals surface area contributed by atoms with Crippen LogP contribution in [0.1, 0.15) is 24.8 Å². The van der Waals surface area contributed by atoms with E-state index in [9.17, 15) is 0 Å². The number of allylic oxidation sites excluding steroid dienone is 4. The number of hydrogen-bond donors (Lipinski definition) is 0. The summed E-state index contributed by atoms with van der Waals surface area (Å²) in [6.45, 7) is 0. The lowest BCUT2D eigenvalue weighted by Crippen LogP contribution is -1.92.